The molecular weight excluding hydrogens is 320 g/mol. The Labute approximate surface area is 122 Å². The third kappa shape index (κ3) is 6.26. The summed E-state index contributed by atoms with van der Waals surface area (Å²) in [5.41, 5.74) is 0. The van der Waals surface area contributed by atoms with Crippen molar-refractivity contribution in [1.29, 1.82) is 0 Å². The summed E-state index contributed by atoms with van der Waals surface area (Å²) in [7, 11) is -10.2. The number of hydrogen-bond acceptors (Lipinski definition) is 4. The Kier molecular flexibility index (Phi) is 6.53. The second kappa shape index (κ2) is 7.49. The van der Waals surface area contributed by atoms with E-state index in [0.29, 0.717) is 12.4 Å². The maximum Gasteiger partial charge on any atom is 0.343 e. The highest BCUT2D eigenvalue weighted by atomic mass is 31.2. The van der Waals surface area contributed by atoms with Crippen LogP contribution in [-0.4, -0.2) is 26.7 Å². The van der Waals surface area contributed by atoms with Crippen LogP contribution >= 0.6 is 15.2 Å². The summed E-state index contributed by atoms with van der Waals surface area (Å²) < 4.78 is 29.0. The van der Waals surface area contributed by atoms with Crippen molar-refractivity contribution in [1.82, 2.24) is 0 Å². The van der Waals surface area contributed by atoms with Crippen molar-refractivity contribution in [3.63, 3.8) is 0 Å². The lowest BCUT2D eigenvalue weighted by atomic mass is 10.3. The van der Waals surface area contributed by atoms with Crippen molar-refractivity contribution in [2.45, 2.75) is 31.7 Å². The van der Waals surface area contributed by atoms with Crippen LogP contribution < -0.4 is 14.2 Å². The summed E-state index contributed by atoms with van der Waals surface area (Å²) in [5.74, 6) is 0.453. The Morgan fingerprint density at radius 3 is 2.57 bits per heavy atom. The topological polar surface area (TPSA) is 131 Å². The van der Waals surface area contributed by atoms with Gasteiger partial charge in [-0.2, -0.15) is 0 Å². The number of unbranched alkanes of at least 4 members (excludes halogenated alkanes) is 1. The third-order valence-electron chi connectivity index (χ3n) is 2.74. The third-order valence-corrected chi connectivity index (χ3v) is 6.37. The van der Waals surface area contributed by atoms with Crippen LogP contribution in [0.15, 0.2) is 24.5 Å². The summed E-state index contributed by atoms with van der Waals surface area (Å²) in [6.07, 6.45) is 4.67. The number of rotatable bonds is 8. The molecule has 1 aromatic rings. The van der Waals surface area contributed by atoms with Crippen LogP contribution in [0, 0.1) is 0 Å². The van der Waals surface area contributed by atoms with Gasteiger partial charge in [0.25, 0.3) is 0 Å². The van der Waals surface area contributed by atoms with Gasteiger partial charge in [0, 0.05) is 6.07 Å². The lowest BCUT2D eigenvalue weighted by molar-refractivity contribution is -0.695. The molecule has 0 aromatic carbocycles. The van der Waals surface area contributed by atoms with Gasteiger partial charge in [0.05, 0.1) is 6.61 Å². The molecule has 0 aliphatic rings. The molecule has 1 aromatic heterocycles. The van der Waals surface area contributed by atoms with E-state index in [1.165, 1.54) is 17.0 Å². The molecule has 3 N–H and O–H groups in total. The molecule has 21 heavy (non-hydrogen) atoms. The van der Waals surface area contributed by atoms with E-state index in [9.17, 15) is 14.0 Å². The van der Waals surface area contributed by atoms with Crippen LogP contribution in [0.5, 0.6) is 5.75 Å². The molecule has 0 spiro atoms. The number of hydrogen-bond donors (Lipinski definition) is 3. The van der Waals surface area contributed by atoms with Gasteiger partial charge < -0.3 is 28.9 Å². The molecule has 0 saturated heterocycles. The predicted molar refractivity (Wildman–Crippen MR) is 72.7 cm³/mol. The lowest BCUT2D eigenvalue weighted by Crippen LogP contribution is -2.40. The Morgan fingerprint density at radius 1 is 1.38 bits per heavy atom. The van der Waals surface area contributed by atoms with Gasteiger partial charge in [0.15, 0.2) is 31.5 Å². The second-order valence-electron chi connectivity index (χ2n) is 4.57. The van der Waals surface area contributed by atoms with E-state index in [1.54, 1.807) is 12.1 Å². The SMILES string of the molecule is CCCCOc1ccc[n+](CC(P(=O)([O-])O)P(=O)(O)O)c1. The molecule has 8 nitrogen and oxygen atoms in total. The molecule has 10 heteroatoms. The van der Waals surface area contributed by atoms with Gasteiger partial charge in [-0.25, -0.2) is 4.57 Å². The number of ether oxygens (including phenoxy) is 1. The number of aromatic nitrogens is 1. The Morgan fingerprint density at radius 2 is 2.05 bits per heavy atom. The van der Waals surface area contributed by atoms with Crippen molar-refractivity contribution in [3.05, 3.63) is 24.5 Å². The molecular formula is C11H19NO7P2. The summed E-state index contributed by atoms with van der Waals surface area (Å²) in [6.45, 7) is 1.93. The van der Waals surface area contributed by atoms with E-state index in [2.05, 4.69) is 0 Å². The molecule has 0 fully saturated rings. The molecule has 1 heterocycles. The average molecular weight is 339 g/mol. The zero-order chi connectivity index (χ0) is 16.1. The van der Waals surface area contributed by atoms with Crippen LogP contribution in [0.3, 0.4) is 0 Å². The first-order chi connectivity index (χ1) is 9.64. The predicted octanol–water partition coefficient (Wildman–Crippen LogP) is 0.203. The quantitative estimate of drug-likeness (QED) is 0.350. The minimum Gasteiger partial charge on any atom is -0.778 e. The first-order valence-electron chi connectivity index (χ1n) is 6.35. The zero-order valence-electron chi connectivity index (χ0n) is 11.5. The normalized spacial score (nSPS) is 16.2. The minimum atomic E-state index is -5.18. The first kappa shape index (κ1) is 18.3. The molecule has 2 atom stereocenters. The fraction of sp³-hybridized carbons (Fsp3) is 0.545. The number of pyridine rings is 1. The van der Waals surface area contributed by atoms with Crippen molar-refractivity contribution >= 4 is 15.2 Å². The highest BCUT2D eigenvalue weighted by molar-refractivity contribution is 7.70. The van der Waals surface area contributed by atoms with Crippen LogP contribution in [0.2, 0.25) is 0 Å². The van der Waals surface area contributed by atoms with Crippen LogP contribution in [-0.2, 0) is 15.7 Å². The van der Waals surface area contributed by atoms with E-state index in [1.807, 2.05) is 6.92 Å². The van der Waals surface area contributed by atoms with Gasteiger partial charge in [-0.15, -0.1) is 0 Å². The van der Waals surface area contributed by atoms with Crippen molar-refractivity contribution in [3.8, 4) is 5.75 Å². The lowest BCUT2D eigenvalue weighted by Gasteiger charge is -2.25. The highest BCUT2D eigenvalue weighted by Crippen LogP contribution is 2.57. The Balaban J connectivity index is 2.88. The number of nitrogens with zero attached hydrogens (tertiary/aromatic N) is 1. The Hall–Kier alpha value is -0.750. The summed E-state index contributed by atoms with van der Waals surface area (Å²) in [5, 5.41) is -2.18. The maximum atomic E-state index is 11.2. The molecule has 0 saturated carbocycles. The molecule has 0 amide bonds. The van der Waals surface area contributed by atoms with Crippen LogP contribution in [0.1, 0.15) is 19.8 Å². The fourth-order valence-electron chi connectivity index (χ4n) is 1.62. The fourth-order valence-corrected chi connectivity index (χ4v) is 3.94. The van der Waals surface area contributed by atoms with Gasteiger partial charge in [0.2, 0.25) is 6.20 Å². The summed E-state index contributed by atoms with van der Waals surface area (Å²) >= 11 is 0. The van der Waals surface area contributed by atoms with Crippen LogP contribution in [0.4, 0.5) is 0 Å². The summed E-state index contributed by atoms with van der Waals surface area (Å²) in [6, 6.07) is 3.21. The van der Waals surface area contributed by atoms with Gasteiger partial charge in [-0.05, 0) is 12.5 Å². The van der Waals surface area contributed by atoms with E-state index in [0.717, 1.165) is 12.8 Å². The molecule has 0 aliphatic carbocycles. The molecule has 0 radical (unpaired) electrons. The van der Waals surface area contributed by atoms with E-state index in [-0.39, 0.29) is 0 Å². The van der Waals surface area contributed by atoms with E-state index < -0.39 is 27.1 Å². The average Bonchev–Trinajstić information content (AvgIpc) is 2.34. The van der Waals surface area contributed by atoms with Gasteiger partial charge in [-0.1, -0.05) is 13.3 Å². The Bertz CT molecular complexity index is 531. The van der Waals surface area contributed by atoms with Gasteiger partial charge in [0.1, 0.15) is 0 Å². The molecule has 0 aliphatic heterocycles. The first-order valence-corrected chi connectivity index (χ1v) is 9.68. The summed E-state index contributed by atoms with van der Waals surface area (Å²) in [4.78, 5) is 38.2. The maximum absolute atomic E-state index is 11.2. The molecule has 120 valence electrons. The highest BCUT2D eigenvalue weighted by Gasteiger charge is 2.40. The minimum absolute atomic E-state index is 0.453. The smallest absolute Gasteiger partial charge is 0.343 e. The van der Waals surface area contributed by atoms with E-state index in [4.69, 9.17) is 19.4 Å². The van der Waals surface area contributed by atoms with Crippen molar-refractivity contribution in [2.75, 3.05) is 6.61 Å². The molecule has 0 bridgehead atoms. The van der Waals surface area contributed by atoms with Crippen molar-refractivity contribution in [2.24, 2.45) is 0 Å². The monoisotopic (exact) mass is 339 g/mol. The standard InChI is InChI=1S/C11H19NO7P2/c1-2-3-7-19-10-5-4-6-12(8-10)9-11(20(13,14)15)21(16,17)18/h4-6,8,11H,2-3,7,9H2,1H3,(H3-,13,14,15,16,17,18). The van der Waals surface area contributed by atoms with Crippen molar-refractivity contribution < 1.29 is 38.0 Å². The van der Waals surface area contributed by atoms with E-state index >= 15 is 0 Å². The molecule has 1 rings (SSSR count). The molecule has 2 unspecified atom stereocenters. The largest absolute Gasteiger partial charge is 0.778 e. The van der Waals surface area contributed by atoms with Crippen LogP contribution in [0.25, 0.3) is 0 Å². The van der Waals surface area contributed by atoms with Gasteiger partial charge in [-0.3, -0.25) is 4.57 Å². The zero-order valence-corrected chi connectivity index (χ0v) is 13.3. The second-order valence-corrected chi connectivity index (χ2v) is 8.53. The van der Waals surface area contributed by atoms with Gasteiger partial charge >= 0.3 is 7.60 Å².